The molecular formula is C16H19N5O8S. The van der Waals surface area contributed by atoms with Gasteiger partial charge in [-0.05, 0) is 26.7 Å². The number of oxime groups is 1. The van der Waals surface area contributed by atoms with Crippen molar-refractivity contribution < 1.29 is 39.1 Å². The van der Waals surface area contributed by atoms with Crippen molar-refractivity contribution in [2.45, 2.75) is 43.9 Å². The highest BCUT2D eigenvalue weighted by molar-refractivity contribution is 7.13. The number of carbonyl (C=O) groups is 4. The van der Waals surface area contributed by atoms with Crippen LogP contribution in [0.4, 0.5) is 5.13 Å². The molecule has 1 atom stereocenters. The van der Waals surface area contributed by atoms with Crippen LogP contribution in [0.15, 0.2) is 10.5 Å². The first-order valence-corrected chi connectivity index (χ1v) is 9.56. The van der Waals surface area contributed by atoms with Gasteiger partial charge < -0.3 is 26.1 Å². The van der Waals surface area contributed by atoms with Crippen LogP contribution in [-0.2, 0) is 28.9 Å². The van der Waals surface area contributed by atoms with Crippen molar-refractivity contribution in [3.05, 3.63) is 11.1 Å². The lowest BCUT2D eigenvalue weighted by atomic mass is 9.84. The van der Waals surface area contributed by atoms with Gasteiger partial charge in [0.05, 0.1) is 5.54 Å². The van der Waals surface area contributed by atoms with E-state index < -0.39 is 47.5 Å². The van der Waals surface area contributed by atoms with Gasteiger partial charge in [-0.25, -0.2) is 19.6 Å². The van der Waals surface area contributed by atoms with Crippen molar-refractivity contribution in [2.75, 3.05) is 12.3 Å². The zero-order chi connectivity index (χ0) is 22.3. The Labute approximate surface area is 173 Å². The number of rotatable bonds is 9. The molecule has 0 aromatic carbocycles. The molecule has 2 heterocycles. The second kappa shape index (κ2) is 7.53. The molecule has 5 N–H and O–H groups in total. The van der Waals surface area contributed by atoms with Gasteiger partial charge >= 0.3 is 11.9 Å². The maximum absolute atomic E-state index is 12.7. The largest absolute Gasteiger partial charge is 0.479 e. The molecule has 1 saturated heterocycles. The summed E-state index contributed by atoms with van der Waals surface area (Å²) in [6.07, 6.45) is 0.560. The van der Waals surface area contributed by atoms with Crippen LogP contribution < -0.4 is 11.1 Å². The highest BCUT2D eigenvalue weighted by Gasteiger charge is 2.63. The minimum Gasteiger partial charge on any atom is -0.479 e. The number of hydrogen-bond donors (Lipinski definition) is 4. The molecule has 2 amide bonds. The summed E-state index contributed by atoms with van der Waals surface area (Å²) in [4.78, 5) is 61.2. The van der Waals surface area contributed by atoms with Crippen molar-refractivity contribution in [1.82, 2.24) is 15.4 Å². The lowest BCUT2D eigenvalue weighted by Gasteiger charge is -2.52. The van der Waals surface area contributed by atoms with Gasteiger partial charge in [-0.2, -0.15) is 0 Å². The second-order valence-electron chi connectivity index (χ2n) is 7.26. The molecule has 30 heavy (non-hydrogen) atoms. The molecule has 1 aromatic heterocycles. The molecule has 13 nitrogen and oxygen atoms in total. The highest BCUT2D eigenvalue weighted by Crippen LogP contribution is 2.45. The van der Waals surface area contributed by atoms with Crippen LogP contribution in [0.1, 0.15) is 32.4 Å². The number of aromatic nitrogens is 1. The van der Waals surface area contributed by atoms with E-state index in [-0.39, 0.29) is 29.4 Å². The van der Waals surface area contributed by atoms with Gasteiger partial charge in [-0.15, -0.1) is 11.3 Å². The van der Waals surface area contributed by atoms with E-state index in [4.69, 9.17) is 15.7 Å². The zero-order valence-electron chi connectivity index (χ0n) is 15.9. The Balaban J connectivity index is 1.73. The van der Waals surface area contributed by atoms with E-state index in [1.165, 1.54) is 5.38 Å². The van der Waals surface area contributed by atoms with Gasteiger partial charge in [0.1, 0.15) is 11.7 Å². The van der Waals surface area contributed by atoms with Gasteiger partial charge in [-0.1, -0.05) is 5.16 Å². The zero-order valence-corrected chi connectivity index (χ0v) is 16.8. The van der Waals surface area contributed by atoms with Crippen molar-refractivity contribution in [2.24, 2.45) is 5.16 Å². The summed E-state index contributed by atoms with van der Waals surface area (Å²) >= 11 is 1.03. The summed E-state index contributed by atoms with van der Waals surface area (Å²) in [5.74, 6) is -3.95. The van der Waals surface area contributed by atoms with Crippen LogP contribution in [0, 0.1) is 0 Å². The predicted molar refractivity (Wildman–Crippen MR) is 100 cm³/mol. The number of nitrogens with two attached hydrogens (primary N) is 1. The van der Waals surface area contributed by atoms with Crippen molar-refractivity contribution in [3.8, 4) is 0 Å². The lowest BCUT2D eigenvalue weighted by Crippen LogP contribution is -2.77. The first-order chi connectivity index (χ1) is 14.0. The molecule has 0 radical (unpaired) electrons. The molecule has 1 saturated carbocycles. The fourth-order valence-corrected chi connectivity index (χ4v) is 3.29. The maximum Gasteiger partial charge on any atom is 0.344 e. The van der Waals surface area contributed by atoms with E-state index in [2.05, 4.69) is 20.3 Å². The van der Waals surface area contributed by atoms with Gasteiger partial charge in [0, 0.05) is 5.38 Å². The lowest BCUT2D eigenvalue weighted by molar-refractivity contribution is -0.282. The van der Waals surface area contributed by atoms with E-state index in [1.807, 2.05) is 0 Å². The fourth-order valence-electron chi connectivity index (χ4n) is 2.74. The van der Waals surface area contributed by atoms with Crippen LogP contribution in [0.5, 0.6) is 0 Å². The molecule has 3 rings (SSSR count). The third kappa shape index (κ3) is 3.91. The topological polar surface area (TPSA) is 194 Å². The van der Waals surface area contributed by atoms with Crippen LogP contribution in [-0.4, -0.2) is 73.5 Å². The minimum atomic E-state index is -1.42. The molecule has 0 bridgehead atoms. The van der Waals surface area contributed by atoms with E-state index in [0.717, 1.165) is 16.4 Å². The fraction of sp³-hybridized carbons (Fsp3) is 0.500. The monoisotopic (exact) mass is 441 g/mol. The summed E-state index contributed by atoms with van der Waals surface area (Å²) in [6.45, 7) is 2.40. The highest BCUT2D eigenvalue weighted by atomic mass is 32.1. The van der Waals surface area contributed by atoms with E-state index >= 15 is 0 Å². The number of carboxylic acid groups (broad SMARTS) is 2. The summed E-state index contributed by atoms with van der Waals surface area (Å²) in [5.41, 5.74) is 2.77. The van der Waals surface area contributed by atoms with Crippen LogP contribution in [0.2, 0.25) is 0 Å². The number of hydroxylamine groups is 2. The number of carbonyl (C=O) groups excluding carboxylic acids is 2. The quantitative estimate of drug-likeness (QED) is 0.214. The Morgan fingerprint density at radius 1 is 1.40 bits per heavy atom. The first-order valence-electron chi connectivity index (χ1n) is 8.68. The van der Waals surface area contributed by atoms with Crippen LogP contribution >= 0.6 is 11.3 Å². The number of nitrogen functional groups attached to an aromatic ring is 1. The molecule has 0 unspecified atom stereocenters. The number of anilines is 1. The van der Waals surface area contributed by atoms with Crippen LogP contribution in [0.3, 0.4) is 0 Å². The Morgan fingerprint density at radius 2 is 2.07 bits per heavy atom. The van der Waals surface area contributed by atoms with Crippen molar-refractivity contribution >= 4 is 45.9 Å². The predicted octanol–water partition coefficient (Wildman–Crippen LogP) is -0.815. The number of nitrogens with zero attached hydrogens (tertiary/aromatic N) is 3. The summed E-state index contributed by atoms with van der Waals surface area (Å²) in [7, 11) is 0. The third-order valence-corrected chi connectivity index (χ3v) is 5.31. The van der Waals surface area contributed by atoms with Gasteiger partial charge in [-0.3, -0.25) is 14.4 Å². The Hall–Kier alpha value is -3.26. The molecule has 0 spiro atoms. The number of β-lactam (4-membered cyclic amide) rings is 1. The number of thiazole rings is 1. The van der Waals surface area contributed by atoms with Gasteiger partial charge in [0.2, 0.25) is 6.61 Å². The number of amides is 2. The third-order valence-electron chi connectivity index (χ3n) is 4.64. The van der Waals surface area contributed by atoms with Crippen LogP contribution in [0.25, 0.3) is 0 Å². The standard InChI is InChI=1S/C16H19N5O8S/c1-15(2)10(12(25)21(15)29-16(3-4-16)13(26)27)19-11(24)9(20-28-5-8(22)23)7-6-30-14(17)18-7/h6,10H,3-5H2,1-2H3,(H2,17,18)(H,19,24)(H,22,23)(H,26,27)/b20-9-/t10-/m1/s1. The minimum absolute atomic E-state index is 0.0425. The molecule has 162 valence electrons. The molecular weight excluding hydrogens is 422 g/mol. The van der Waals surface area contributed by atoms with Crippen molar-refractivity contribution in [3.63, 3.8) is 0 Å². The van der Waals surface area contributed by atoms with Gasteiger partial charge in [0.15, 0.2) is 16.4 Å². The number of carboxylic acids is 2. The summed E-state index contributed by atoms with van der Waals surface area (Å²) in [6, 6.07) is -1.05. The Kier molecular flexibility index (Phi) is 5.38. The molecule has 2 fully saturated rings. The van der Waals surface area contributed by atoms with E-state index in [0.29, 0.717) is 0 Å². The average Bonchev–Trinajstić information content (AvgIpc) is 3.34. The van der Waals surface area contributed by atoms with Gasteiger partial charge in [0.25, 0.3) is 11.8 Å². The molecule has 14 heteroatoms. The SMILES string of the molecule is CC1(C)[C@H](NC(=O)/C(=N\OCC(=O)O)c2csc(N)n2)C(=O)N1OC1(C(=O)O)CC1. The Bertz CT molecular complexity index is 938. The Morgan fingerprint density at radius 3 is 2.53 bits per heavy atom. The summed E-state index contributed by atoms with van der Waals surface area (Å²) < 4.78 is 0. The maximum atomic E-state index is 12.7. The second-order valence-corrected chi connectivity index (χ2v) is 8.15. The normalized spacial score (nSPS) is 21.5. The number of aliphatic carboxylic acids is 2. The smallest absolute Gasteiger partial charge is 0.344 e. The molecule has 2 aliphatic rings. The van der Waals surface area contributed by atoms with E-state index in [1.54, 1.807) is 13.8 Å². The summed E-state index contributed by atoms with van der Waals surface area (Å²) in [5, 5.41) is 26.4. The molecule has 1 aliphatic heterocycles. The average molecular weight is 441 g/mol. The number of nitrogens with one attached hydrogen (secondary N) is 1. The van der Waals surface area contributed by atoms with E-state index in [9.17, 15) is 24.3 Å². The molecule has 1 aliphatic carbocycles. The van der Waals surface area contributed by atoms with Crippen molar-refractivity contribution in [1.29, 1.82) is 0 Å². The first kappa shape index (κ1) is 21.4. The number of hydrogen-bond acceptors (Lipinski definition) is 10. The molecule has 1 aromatic rings.